The predicted octanol–water partition coefficient (Wildman–Crippen LogP) is -0.617. The number of carbonyl (C=O) groups is 1. The van der Waals surface area contributed by atoms with E-state index in [0.29, 0.717) is 13.0 Å². The molecule has 0 aliphatic carbocycles. The lowest BCUT2D eigenvalue weighted by molar-refractivity contribution is -0.147. The summed E-state index contributed by atoms with van der Waals surface area (Å²) in [7, 11) is 0. The molecule has 0 aromatic rings. The van der Waals surface area contributed by atoms with Crippen LogP contribution in [0.2, 0.25) is 0 Å². The van der Waals surface area contributed by atoms with Gasteiger partial charge in [-0.25, -0.2) is 4.79 Å². The molecule has 1 rings (SSSR count). The fourth-order valence-corrected chi connectivity index (χ4v) is 1.04. The molecule has 0 saturated carbocycles. The highest BCUT2D eigenvalue weighted by molar-refractivity contribution is 5.70. The van der Waals surface area contributed by atoms with Crippen LogP contribution >= 0.6 is 0 Å². The Labute approximate surface area is 75.5 Å². The van der Waals surface area contributed by atoms with Crippen LogP contribution in [-0.2, 0) is 19.1 Å². The lowest BCUT2D eigenvalue weighted by Gasteiger charge is -2.08. The zero-order chi connectivity index (χ0) is 9.68. The lowest BCUT2D eigenvalue weighted by Crippen LogP contribution is -2.19. The minimum Gasteiger partial charge on any atom is -0.483 e. The molecule has 2 N–H and O–H groups in total. The average Bonchev–Trinajstić information content (AvgIpc) is 2.52. The fourth-order valence-electron chi connectivity index (χ4n) is 1.04. The van der Waals surface area contributed by atoms with Crippen LogP contribution in [-0.4, -0.2) is 31.2 Å². The topological polar surface area (TPSA) is 78.6 Å². The molecule has 1 unspecified atom stereocenters. The van der Waals surface area contributed by atoms with Crippen LogP contribution in [0, 0.1) is 0 Å². The van der Waals surface area contributed by atoms with E-state index >= 15 is 0 Å². The van der Waals surface area contributed by atoms with Gasteiger partial charge in [-0.15, -0.1) is 0 Å². The molecule has 0 bridgehead atoms. The molecule has 0 amide bonds. The van der Waals surface area contributed by atoms with Crippen molar-refractivity contribution < 1.29 is 19.1 Å². The summed E-state index contributed by atoms with van der Waals surface area (Å²) >= 11 is 0. The summed E-state index contributed by atoms with van der Waals surface area (Å²) in [6, 6.07) is 0. The maximum Gasteiger partial charge on any atom is 0.307 e. The highest BCUT2D eigenvalue weighted by atomic mass is 16.6. The van der Waals surface area contributed by atoms with Crippen molar-refractivity contribution in [2.75, 3.05) is 13.2 Å². The van der Waals surface area contributed by atoms with Gasteiger partial charge in [-0.3, -0.25) is 4.79 Å². The molecule has 5 nitrogen and oxygen atoms in total. The SMILES string of the molecule is NCCC(=O)OC1CCOC1=C=O. The van der Waals surface area contributed by atoms with Crippen LogP contribution in [0.4, 0.5) is 0 Å². The highest BCUT2D eigenvalue weighted by Gasteiger charge is 2.27. The standard InChI is InChI=1S/C8H11NO4/c9-3-1-8(11)13-6-2-4-12-7(6)5-10/h6H,1-4,9H2. The highest BCUT2D eigenvalue weighted by Crippen LogP contribution is 2.18. The number of nitrogens with two attached hydrogens (primary N) is 1. The molecule has 1 saturated heterocycles. The van der Waals surface area contributed by atoms with E-state index < -0.39 is 12.1 Å². The Hall–Kier alpha value is -1.32. The minimum absolute atomic E-state index is 0.0744. The molecule has 1 fully saturated rings. The van der Waals surface area contributed by atoms with Gasteiger partial charge < -0.3 is 15.2 Å². The van der Waals surface area contributed by atoms with Crippen molar-refractivity contribution >= 4 is 11.9 Å². The van der Waals surface area contributed by atoms with E-state index in [2.05, 4.69) is 0 Å². The van der Waals surface area contributed by atoms with Gasteiger partial charge in [-0.2, -0.15) is 0 Å². The first-order valence-corrected chi connectivity index (χ1v) is 4.05. The molecule has 0 radical (unpaired) electrons. The lowest BCUT2D eigenvalue weighted by atomic mass is 10.3. The molecule has 1 aliphatic rings. The molecule has 0 aromatic heterocycles. The quantitative estimate of drug-likeness (QED) is 0.468. The van der Waals surface area contributed by atoms with Gasteiger partial charge >= 0.3 is 5.97 Å². The Kier molecular flexibility index (Phi) is 3.49. The van der Waals surface area contributed by atoms with Gasteiger partial charge in [0.1, 0.15) is 0 Å². The van der Waals surface area contributed by atoms with Crippen LogP contribution in [0.15, 0.2) is 5.76 Å². The van der Waals surface area contributed by atoms with Gasteiger partial charge in [-0.05, 0) is 0 Å². The van der Waals surface area contributed by atoms with E-state index in [4.69, 9.17) is 15.2 Å². The summed E-state index contributed by atoms with van der Waals surface area (Å²) in [6.45, 7) is 0.637. The Bertz CT molecular complexity index is 245. The van der Waals surface area contributed by atoms with Crippen molar-refractivity contribution in [3.63, 3.8) is 0 Å². The number of ether oxygens (including phenoxy) is 2. The van der Waals surface area contributed by atoms with E-state index in [-0.39, 0.29) is 18.7 Å². The molecule has 1 aliphatic heterocycles. The Balaban J connectivity index is 2.44. The largest absolute Gasteiger partial charge is 0.483 e. The van der Waals surface area contributed by atoms with E-state index in [1.54, 1.807) is 5.94 Å². The third kappa shape index (κ3) is 2.57. The van der Waals surface area contributed by atoms with Crippen molar-refractivity contribution in [1.29, 1.82) is 0 Å². The van der Waals surface area contributed by atoms with Crippen molar-refractivity contribution in [3.8, 4) is 0 Å². The minimum atomic E-state index is -0.559. The zero-order valence-corrected chi connectivity index (χ0v) is 7.12. The van der Waals surface area contributed by atoms with Gasteiger partial charge in [0, 0.05) is 13.0 Å². The second-order valence-electron chi connectivity index (χ2n) is 2.62. The number of hydrogen-bond donors (Lipinski definition) is 1. The molecule has 0 aromatic carbocycles. The Morgan fingerprint density at radius 1 is 1.77 bits per heavy atom. The summed E-state index contributed by atoms with van der Waals surface area (Å²) in [5.74, 6) is 1.26. The van der Waals surface area contributed by atoms with Crippen LogP contribution in [0.25, 0.3) is 0 Å². The fraction of sp³-hybridized carbons (Fsp3) is 0.625. The maximum absolute atomic E-state index is 11.0. The van der Waals surface area contributed by atoms with Gasteiger partial charge in [0.05, 0.1) is 13.0 Å². The van der Waals surface area contributed by atoms with E-state index in [1.165, 1.54) is 0 Å². The number of carbonyl (C=O) groups excluding carboxylic acids is 2. The predicted molar refractivity (Wildman–Crippen MR) is 43.3 cm³/mol. The summed E-state index contributed by atoms with van der Waals surface area (Å²) < 4.78 is 9.79. The second kappa shape index (κ2) is 4.64. The molecular formula is C8H11NO4. The monoisotopic (exact) mass is 185 g/mol. The first-order valence-electron chi connectivity index (χ1n) is 4.05. The van der Waals surface area contributed by atoms with Crippen molar-refractivity contribution in [3.05, 3.63) is 5.76 Å². The van der Waals surface area contributed by atoms with E-state index in [0.717, 1.165) is 0 Å². The first-order chi connectivity index (χ1) is 6.27. The number of rotatable bonds is 3. The summed E-state index contributed by atoms with van der Waals surface area (Å²) in [6.07, 6.45) is 0.111. The molecule has 1 atom stereocenters. The summed E-state index contributed by atoms with van der Waals surface area (Å²) in [5.41, 5.74) is 5.15. The van der Waals surface area contributed by atoms with Gasteiger partial charge in [0.25, 0.3) is 0 Å². The van der Waals surface area contributed by atoms with Crippen molar-refractivity contribution in [2.45, 2.75) is 18.9 Å². The molecule has 5 heteroatoms. The smallest absolute Gasteiger partial charge is 0.307 e. The van der Waals surface area contributed by atoms with E-state index in [9.17, 15) is 9.59 Å². The van der Waals surface area contributed by atoms with E-state index in [1.807, 2.05) is 0 Å². The van der Waals surface area contributed by atoms with Crippen LogP contribution in [0.5, 0.6) is 0 Å². The number of hydrogen-bond acceptors (Lipinski definition) is 5. The van der Waals surface area contributed by atoms with Crippen molar-refractivity contribution in [1.82, 2.24) is 0 Å². The van der Waals surface area contributed by atoms with Crippen LogP contribution in [0.1, 0.15) is 12.8 Å². The molecular weight excluding hydrogens is 174 g/mol. The molecule has 72 valence electrons. The molecule has 1 heterocycles. The molecule has 13 heavy (non-hydrogen) atoms. The summed E-state index contributed by atoms with van der Waals surface area (Å²) in [4.78, 5) is 21.2. The van der Waals surface area contributed by atoms with Crippen LogP contribution < -0.4 is 5.73 Å². The zero-order valence-electron chi connectivity index (χ0n) is 7.12. The van der Waals surface area contributed by atoms with Crippen molar-refractivity contribution in [2.24, 2.45) is 5.73 Å². The third-order valence-electron chi connectivity index (χ3n) is 1.65. The van der Waals surface area contributed by atoms with Crippen LogP contribution in [0.3, 0.4) is 0 Å². The maximum atomic E-state index is 11.0. The average molecular weight is 185 g/mol. The van der Waals surface area contributed by atoms with Gasteiger partial charge in [0.15, 0.2) is 12.0 Å². The third-order valence-corrected chi connectivity index (χ3v) is 1.65. The number of esters is 1. The van der Waals surface area contributed by atoms with Gasteiger partial charge in [-0.1, -0.05) is 0 Å². The normalized spacial score (nSPS) is 20.7. The second-order valence-corrected chi connectivity index (χ2v) is 2.62. The Morgan fingerprint density at radius 2 is 2.54 bits per heavy atom. The summed E-state index contributed by atoms with van der Waals surface area (Å²) in [5, 5.41) is 0. The Morgan fingerprint density at radius 3 is 3.15 bits per heavy atom. The van der Waals surface area contributed by atoms with Gasteiger partial charge in [0.2, 0.25) is 5.76 Å². The molecule has 0 spiro atoms. The first kappa shape index (κ1) is 9.77.